The summed E-state index contributed by atoms with van der Waals surface area (Å²) in [5.41, 5.74) is 0.400. The summed E-state index contributed by atoms with van der Waals surface area (Å²) < 4.78 is 10.3. The molecule has 0 unspecified atom stereocenters. The first-order valence-electron chi connectivity index (χ1n) is 6.27. The lowest BCUT2D eigenvalue weighted by molar-refractivity contribution is 0.102. The second-order valence-electron chi connectivity index (χ2n) is 4.13. The average Bonchev–Trinajstić information content (AvgIpc) is 2.94. The molecule has 0 aliphatic carbocycles. The third-order valence-electron chi connectivity index (χ3n) is 2.79. The zero-order valence-corrected chi connectivity index (χ0v) is 12.6. The average molecular weight is 308 g/mol. The Kier molecular flexibility index (Phi) is 5.13. The highest BCUT2D eigenvalue weighted by Crippen LogP contribution is 2.26. The van der Waals surface area contributed by atoms with Crippen LogP contribution < -0.4 is 14.8 Å². The number of carbonyl (C=O) groups is 1. The number of benzene rings is 1. The van der Waals surface area contributed by atoms with Crippen molar-refractivity contribution >= 4 is 22.4 Å². The molecule has 1 aromatic heterocycles. The van der Waals surface area contributed by atoms with E-state index in [2.05, 4.69) is 10.3 Å². The third-order valence-corrected chi connectivity index (χ3v) is 3.76. The van der Waals surface area contributed by atoms with Crippen molar-refractivity contribution < 1.29 is 19.4 Å². The summed E-state index contributed by atoms with van der Waals surface area (Å²) in [6.07, 6.45) is 2.17. The van der Waals surface area contributed by atoms with Crippen LogP contribution in [0.2, 0.25) is 0 Å². The maximum absolute atomic E-state index is 12.2. The third kappa shape index (κ3) is 3.71. The summed E-state index contributed by atoms with van der Waals surface area (Å²) in [5.74, 6) is 0.737. The standard InChI is InChI=1S/C14H16N2O4S/c1-19-9-3-4-11(12(7-9)20-2)13(18)16-14-15-8-10(21-14)5-6-17/h3-4,7-8,17H,5-6H2,1-2H3,(H,15,16,18). The Morgan fingerprint density at radius 2 is 2.19 bits per heavy atom. The van der Waals surface area contributed by atoms with Gasteiger partial charge < -0.3 is 14.6 Å². The number of anilines is 1. The molecule has 0 fully saturated rings. The van der Waals surface area contributed by atoms with Crippen LogP contribution in [0.1, 0.15) is 15.2 Å². The van der Waals surface area contributed by atoms with E-state index in [1.54, 1.807) is 31.5 Å². The van der Waals surface area contributed by atoms with E-state index < -0.39 is 0 Å². The number of aliphatic hydroxyl groups is 1. The van der Waals surface area contributed by atoms with Crippen molar-refractivity contribution in [2.45, 2.75) is 6.42 Å². The maximum Gasteiger partial charge on any atom is 0.261 e. The molecule has 1 aromatic carbocycles. The van der Waals surface area contributed by atoms with E-state index >= 15 is 0 Å². The van der Waals surface area contributed by atoms with Crippen LogP contribution in [0, 0.1) is 0 Å². The number of aromatic nitrogens is 1. The first-order valence-corrected chi connectivity index (χ1v) is 7.08. The molecular formula is C14H16N2O4S. The van der Waals surface area contributed by atoms with Gasteiger partial charge in [-0.05, 0) is 12.1 Å². The summed E-state index contributed by atoms with van der Waals surface area (Å²) in [5, 5.41) is 12.1. The Balaban J connectivity index is 2.15. The molecule has 2 rings (SSSR count). The number of carbonyl (C=O) groups excluding carboxylic acids is 1. The minimum Gasteiger partial charge on any atom is -0.497 e. The highest BCUT2D eigenvalue weighted by Gasteiger charge is 2.15. The van der Waals surface area contributed by atoms with Gasteiger partial charge in [0, 0.05) is 30.2 Å². The van der Waals surface area contributed by atoms with Crippen molar-refractivity contribution in [2.75, 3.05) is 26.1 Å². The van der Waals surface area contributed by atoms with Gasteiger partial charge in [-0.15, -0.1) is 11.3 Å². The Morgan fingerprint density at radius 3 is 2.86 bits per heavy atom. The van der Waals surface area contributed by atoms with E-state index in [0.717, 1.165) is 4.88 Å². The lowest BCUT2D eigenvalue weighted by atomic mass is 10.2. The number of methoxy groups -OCH3 is 2. The Bertz CT molecular complexity index is 627. The van der Waals surface area contributed by atoms with E-state index in [9.17, 15) is 4.79 Å². The molecule has 6 nitrogen and oxygen atoms in total. The Labute approximate surface area is 126 Å². The highest BCUT2D eigenvalue weighted by atomic mass is 32.1. The van der Waals surface area contributed by atoms with Gasteiger partial charge in [0.25, 0.3) is 5.91 Å². The predicted octanol–water partition coefficient (Wildman–Crippen LogP) is 1.95. The topological polar surface area (TPSA) is 80.7 Å². The molecule has 0 aliphatic rings. The predicted molar refractivity (Wildman–Crippen MR) is 80.4 cm³/mol. The number of amides is 1. The summed E-state index contributed by atoms with van der Waals surface area (Å²) in [6.45, 7) is 0.0574. The lowest BCUT2D eigenvalue weighted by Gasteiger charge is -2.09. The fourth-order valence-electron chi connectivity index (χ4n) is 1.74. The number of nitrogens with zero attached hydrogens (tertiary/aromatic N) is 1. The van der Waals surface area contributed by atoms with Crippen LogP contribution in [0.5, 0.6) is 11.5 Å². The Morgan fingerprint density at radius 1 is 1.38 bits per heavy atom. The fraction of sp³-hybridized carbons (Fsp3) is 0.286. The van der Waals surface area contributed by atoms with Gasteiger partial charge in [-0.25, -0.2) is 4.98 Å². The highest BCUT2D eigenvalue weighted by molar-refractivity contribution is 7.15. The summed E-state index contributed by atoms with van der Waals surface area (Å²) in [4.78, 5) is 17.3. The molecule has 0 aliphatic heterocycles. The van der Waals surface area contributed by atoms with E-state index in [0.29, 0.717) is 28.6 Å². The molecule has 1 amide bonds. The molecule has 1 heterocycles. The number of hydrogen-bond acceptors (Lipinski definition) is 6. The van der Waals surface area contributed by atoms with Crippen LogP contribution in [-0.2, 0) is 6.42 Å². The molecule has 0 saturated carbocycles. The SMILES string of the molecule is COc1ccc(C(=O)Nc2ncc(CCO)s2)c(OC)c1. The van der Waals surface area contributed by atoms with Crippen LogP contribution in [0.15, 0.2) is 24.4 Å². The summed E-state index contributed by atoms with van der Waals surface area (Å²) in [6, 6.07) is 4.97. The second-order valence-corrected chi connectivity index (χ2v) is 5.24. The smallest absolute Gasteiger partial charge is 0.261 e. The van der Waals surface area contributed by atoms with Crippen molar-refractivity contribution in [2.24, 2.45) is 0 Å². The van der Waals surface area contributed by atoms with Crippen LogP contribution in [0.4, 0.5) is 5.13 Å². The van der Waals surface area contributed by atoms with Gasteiger partial charge in [0.05, 0.1) is 19.8 Å². The van der Waals surface area contributed by atoms with E-state index in [1.807, 2.05) is 0 Å². The molecule has 112 valence electrons. The molecule has 0 spiro atoms. The number of thiazole rings is 1. The largest absolute Gasteiger partial charge is 0.497 e. The number of aliphatic hydroxyl groups excluding tert-OH is 1. The van der Waals surface area contributed by atoms with E-state index in [-0.39, 0.29) is 12.5 Å². The van der Waals surface area contributed by atoms with Gasteiger partial charge in [0.1, 0.15) is 11.5 Å². The van der Waals surface area contributed by atoms with Crippen molar-refractivity contribution in [3.8, 4) is 11.5 Å². The van der Waals surface area contributed by atoms with Crippen LogP contribution in [0.3, 0.4) is 0 Å². The fourth-order valence-corrected chi connectivity index (χ4v) is 2.54. The molecule has 21 heavy (non-hydrogen) atoms. The zero-order chi connectivity index (χ0) is 15.2. The number of nitrogens with one attached hydrogen (secondary N) is 1. The maximum atomic E-state index is 12.2. The molecular weight excluding hydrogens is 292 g/mol. The monoisotopic (exact) mass is 308 g/mol. The van der Waals surface area contributed by atoms with Gasteiger partial charge in [0.15, 0.2) is 5.13 Å². The van der Waals surface area contributed by atoms with Crippen molar-refractivity contribution in [3.05, 3.63) is 34.8 Å². The number of rotatable bonds is 6. The second kappa shape index (κ2) is 7.05. The van der Waals surface area contributed by atoms with Gasteiger partial charge in [0.2, 0.25) is 0 Å². The van der Waals surface area contributed by atoms with Gasteiger partial charge in [-0.2, -0.15) is 0 Å². The molecule has 7 heteroatoms. The van der Waals surface area contributed by atoms with Gasteiger partial charge in [-0.3, -0.25) is 10.1 Å². The van der Waals surface area contributed by atoms with E-state index in [4.69, 9.17) is 14.6 Å². The zero-order valence-electron chi connectivity index (χ0n) is 11.8. The van der Waals surface area contributed by atoms with Crippen LogP contribution in [-0.4, -0.2) is 36.8 Å². The van der Waals surface area contributed by atoms with E-state index in [1.165, 1.54) is 18.4 Å². The first kappa shape index (κ1) is 15.3. The summed E-state index contributed by atoms with van der Waals surface area (Å²) >= 11 is 1.33. The lowest BCUT2D eigenvalue weighted by Crippen LogP contribution is -2.13. The molecule has 2 aromatic rings. The normalized spacial score (nSPS) is 10.2. The molecule has 2 N–H and O–H groups in total. The number of ether oxygens (including phenoxy) is 2. The van der Waals surface area contributed by atoms with Crippen LogP contribution in [0.25, 0.3) is 0 Å². The number of hydrogen-bond donors (Lipinski definition) is 2. The summed E-state index contributed by atoms with van der Waals surface area (Å²) in [7, 11) is 3.04. The van der Waals surface area contributed by atoms with Gasteiger partial charge in [-0.1, -0.05) is 0 Å². The Hall–Kier alpha value is -2.12. The molecule has 0 saturated heterocycles. The quantitative estimate of drug-likeness (QED) is 0.852. The minimum atomic E-state index is -0.306. The van der Waals surface area contributed by atoms with Crippen molar-refractivity contribution in [1.29, 1.82) is 0 Å². The van der Waals surface area contributed by atoms with Crippen molar-refractivity contribution in [1.82, 2.24) is 4.98 Å². The van der Waals surface area contributed by atoms with Gasteiger partial charge >= 0.3 is 0 Å². The van der Waals surface area contributed by atoms with Crippen molar-refractivity contribution in [3.63, 3.8) is 0 Å². The molecule has 0 bridgehead atoms. The van der Waals surface area contributed by atoms with Crippen LogP contribution >= 0.6 is 11.3 Å². The first-order chi connectivity index (χ1) is 10.2. The molecule has 0 radical (unpaired) electrons. The minimum absolute atomic E-state index is 0.0574. The molecule has 0 atom stereocenters.